The molecule has 0 heterocycles. The summed E-state index contributed by atoms with van der Waals surface area (Å²) in [5.74, 6) is 0.654. The normalized spacial score (nSPS) is 10.2. The molecule has 0 bridgehead atoms. The summed E-state index contributed by atoms with van der Waals surface area (Å²) in [4.78, 5) is 12.5. The Bertz CT molecular complexity index is 556. The van der Waals surface area contributed by atoms with E-state index in [-0.39, 0.29) is 5.78 Å². The predicted octanol–water partition coefficient (Wildman–Crippen LogP) is 3.88. The standard InChI is InChI=1S/C17H18O2/c1-3-13-9-11-14(12-10-13)17(18)15-7-5-6-8-16(15)19-4-2/h5-12H,3-4H2,1-2H3. The van der Waals surface area contributed by atoms with Crippen LogP contribution in [0.2, 0.25) is 0 Å². The summed E-state index contributed by atoms with van der Waals surface area (Å²) in [5, 5.41) is 0. The Balaban J connectivity index is 2.32. The first kappa shape index (κ1) is 13.3. The molecule has 0 aliphatic heterocycles. The van der Waals surface area contributed by atoms with Gasteiger partial charge in [-0.2, -0.15) is 0 Å². The number of ketones is 1. The van der Waals surface area contributed by atoms with Gasteiger partial charge in [0.05, 0.1) is 12.2 Å². The minimum atomic E-state index is 0.00621. The maximum absolute atomic E-state index is 12.5. The zero-order valence-electron chi connectivity index (χ0n) is 11.3. The Hall–Kier alpha value is -2.09. The van der Waals surface area contributed by atoms with Gasteiger partial charge in [0.2, 0.25) is 0 Å². The summed E-state index contributed by atoms with van der Waals surface area (Å²) >= 11 is 0. The second kappa shape index (κ2) is 6.19. The van der Waals surface area contributed by atoms with Gasteiger partial charge in [0.1, 0.15) is 5.75 Å². The van der Waals surface area contributed by atoms with Crippen molar-refractivity contribution in [1.29, 1.82) is 0 Å². The number of carbonyl (C=O) groups is 1. The zero-order chi connectivity index (χ0) is 13.7. The van der Waals surface area contributed by atoms with E-state index in [4.69, 9.17) is 4.74 Å². The van der Waals surface area contributed by atoms with Crippen LogP contribution in [-0.2, 0) is 6.42 Å². The van der Waals surface area contributed by atoms with E-state index >= 15 is 0 Å². The topological polar surface area (TPSA) is 26.3 Å². The average molecular weight is 254 g/mol. The van der Waals surface area contributed by atoms with Gasteiger partial charge in [0.15, 0.2) is 5.78 Å². The summed E-state index contributed by atoms with van der Waals surface area (Å²) < 4.78 is 5.50. The molecule has 98 valence electrons. The quantitative estimate of drug-likeness (QED) is 0.757. The van der Waals surface area contributed by atoms with Crippen LogP contribution in [0.3, 0.4) is 0 Å². The summed E-state index contributed by atoms with van der Waals surface area (Å²) in [5.41, 5.74) is 2.55. The molecule has 2 heteroatoms. The van der Waals surface area contributed by atoms with E-state index in [0.717, 1.165) is 6.42 Å². The molecule has 0 amide bonds. The van der Waals surface area contributed by atoms with Gasteiger partial charge in [0.25, 0.3) is 0 Å². The molecule has 2 nitrogen and oxygen atoms in total. The Morgan fingerprint density at radius 3 is 2.32 bits per heavy atom. The Kier molecular flexibility index (Phi) is 4.35. The van der Waals surface area contributed by atoms with E-state index in [2.05, 4.69) is 6.92 Å². The molecule has 0 radical (unpaired) electrons. The largest absolute Gasteiger partial charge is 0.493 e. The first-order valence-electron chi connectivity index (χ1n) is 6.61. The lowest BCUT2D eigenvalue weighted by Gasteiger charge is -2.09. The fourth-order valence-electron chi connectivity index (χ4n) is 1.98. The van der Waals surface area contributed by atoms with Gasteiger partial charge in [-0.25, -0.2) is 0 Å². The van der Waals surface area contributed by atoms with Gasteiger partial charge in [0, 0.05) is 5.56 Å². The Morgan fingerprint density at radius 2 is 1.68 bits per heavy atom. The van der Waals surface area contributed by atoms with Crippen LogP contribution < -0.4 is 4.74 Å². The Labute approximate surface area is 114 Å². The smallest absolute Gasteiger partial charge is 0.196 e. The lowest BCUT2D eigenvalue weighted by Crippen LogP contribution is -2.05. The van der Waals surface area contributed by atoms with Crippen LogP contribution in [0.25, 0.3) is 0 Å². The van der Waals surface area contributed by atoms with Crippen molar-refractivity contribution in [2.45, 2.75) is 20.3 Å². The highest BCUT2D eigenvalue weighted by Crippen LogP contribution is 2.21. The van der Waals surface area contributed by atoms with E-state index in [9.17, 15) is 4.79 Å². The van der Waals surface area contributed by atoms with Gasteiger partial charge in [-0.1, -0.05) is 43.3 Å². The number of carbonyl (C=O) groups excluding carboxylic acids is 1. The average Bonchev–Trinajstić information content (AvgIpc) is 2.47. The Morgan fingerprint density at radius 1 is 1.00 bits per heavy atom. The molecule has 19 heavy (non-hydrogen) atoms. The number of hydrogen-bond donors (Lipinski definition) is 0. The van der Waals surface area contributed by atoms with Crippen LogP contribution in [0, 0.1) is 0 Å². The summed E-state index contributed by atoms with van der Waals surface area (Å²) in [7, 11) is 0. The fraction of sp³-hybridized carbons (Fsp3) is 0.235. The zero-order valence-corrected chi connectivity index (χ0v) is 11.3. The highest BCUT2D eigenvalue weighted by atomic mass is 16.5. The molecule has 0 saturated heterocycles. The van der Waals surface area contributed by atoms with Crippen molar-refractivity contribution in [3.05, 3.63) is 65.2 Å². The summed E-state index contributed by atoms with van der Waals surface area (Å²) in [6, 6.07) is 15.1. The third kappa shape index (κ3) is 3.02. The number of hydrogen-bond acceptors (Lipinski definition) is 2. The molecular weight excluding hydrogens is 236 g/mol. The minimum absolute atomic E-state index is 0.00621. The molecule has 0 N–H and O–H groups in total. The van der Waals surface area contributed by atoms with Crippen molar-refractivity contribution in [3.8, 4) is 5.75 Å². The van der Waals surface area contributed by atoms with Crippen molar-refractivity contribution in [2.24, 2.45) is 0 Å². The van der Waals surface area contributed by atoms with Crippen molar-refractivity contribution < 1.29 is 9.53 Å². The van der Waals surface area contributed by atoms with Gasteiger partial charge < -0.3 is 4.74 Å². The van der Waals surface area contributed by atoms with Crippen molar-refractivity contribution in [2.75, 3.05) is 6.61 Å². The van der Waals surface area contributed by atoms with Crippen LogP contribution in [0.4, 0.5) is 0 Å². The minimum Gasteiger partial charge on any atom is -0.493 e. The van der Waals surface area contributed by atoms with Crippen molar-refractivity contribution in [1.82, 2.24) is 0 Å². The molecule has 0 saturated carbocycles. The highest BCUT2D eigenvalue weighted by molar-refractivity contribution is 6.10. The SMILES string of the molecule is CCOc1ccccc1C(=O)c1ccc(CC)cc1. The second-order valence-electron chi connectivity index (χ2n) is 4.31. The molecule has 2 aromatic rings. The molecule has 0 spiro atoms. The van der Waals surface area contributed by atoms with E-state index < -0.39 is 0 Å². The molecule has 2 rings (SSSR count). The molecule has 2 aromatic carbocycles. The highest BCUT2D eigenvalue weighted by Gasteiger charge is 2.13. The third-order valence-corrected chi connectivity index (χ3v) is 3.06. The van der Waals surface area contributed by atoms with Crippen LogP contribution in [0.5, 0.6) is 5.75 Å². The summed E-state index contributed by atoms with van der Waals surface area (Å²) in [6.45, 7) is 4.57. The van der Waals surface area contributed by atoms with E-state index in [1.54, 1.807) is 6.07 Å². The molecule has 0 unspecified atom stereocenters. The number of benzene rings is 2. The molecule has 0 fully saturated rings. The lowest BCUT2D eigenvalue weighted by atomic mass is 10.0. The van der Waals surface area contributed by atoms with Crippen LogP contribution >= 0.6 is 0 Å². The van der Waals surface area contributed by atoms with Gasteiger partial charge in [-0.3, -0.25) is 4.79 Å². The first-order chi connectivity index (χ1) is 9.26. The van der Waals surface area contributed by atoms with Crippen LogP contribution in [0.1, 0.15) is 35.3 Å². The molecule has 0 aliphatic rings. The molecular formula is C17H18O2. The van der Waals surface area contributed by atoms with Gasteiger partial charge >= 0.3 is 0 Å². The van der Waals surface area contributed by atoms with E-state index in [0.29, 0.717) is 23.5 Å². The third-order valence-electron chi connectivity index (χ3n) is 3.06. The maximum atomic E-state index is 12.5. The van der Waals surface area contributed by atoms with E-state index in [1.165, 1.54) is 5.56 Å². The molecule has 0 atom stereocenters. The number of aryl methyl sites for hydroxylation is 1. The predicted molar refractivity (Wildman–Crippen MR) is 76.9 cm³/mol. The number of para-hydroxylation sites is 1. The van der Waals surface area contributed by atoms with Gasteiger partial charge in [-0.15, -0.1) is 0 Å². The van der Waals surface area contributed by atoms with E-state index in [1.807, 2.05) is 49.4 Å². The number of rotatable bonds is 5. The van der Waals surface area contributed by atoms with Gasteiger partial charge in [-0.05, 0) is 31.0 Å². The molecule has 0 aromatic heterocycles. The molecule has 0 aliphatic carbocycles. The monoisotopic (exact) mass is 254 g/mol. The lowest BCUT2D eigenvalue weighted by molar-refractivity contribution is 0.103. The second-order valence-corrected chi connectivity index (χ2v) is 4.31. The van der Waals surface area contributed by atoms with Crippen LogP contribution in [0.15, 0.2) is 48.5 Å². The summed E-state index contributed by atoms with van der Waals surface area (Å²) in [6.07, 6.45) is 0.976. The number of ether oxygens (including phenoxy) is 1. The maximum Gasteiger partial charge on any atom is 0.196 e. The van der Waals surface area contributed by atoms with Crippen molar-refractivity contribution >= 4 is 5.78 Å². The fourth-order valence-corrected chi connectivity index (χ4v) is 1.98. The first-order valence-corrected chi connectivity index (χ1v) is 6.61. The van der Waals surface area contributed by atoms with Crippen LogP contribution in [-0.4, -0.2) is 12.4 Å². The van der Waals surface area contributed by atoms with Crippen molar-refractivity contribution in [3.63, 3.8) is 0 Å².